The first-order chi connectivity index (χ1) is 8.18. The minimum atomic E-state index is 0.638. The van der Waals surface area contributed by atoms with Crippen LogP contribution in [0.15, 0.2) is 26.7 Å². The van der Waals surface area contributed by atoms with Crippen LogP contribution in [-0.2, 0) is 6.54 Å². The average molecular weight is 315 g/mol. The summed E-state index contributed by atoms with van der Waals surface area (Å²) in [5, 5.41) is 5.41. The van der Waals surface area contributed by atoms with E-state index >= 15 is 0 Å². The molecule has 0 saturated carbocycles. The molecule has 17 heavy (non-hydrogen) atoms. The molecule has 2 aromatic heterocycles. The lowest BCUT2D eigenvalue weighted by molar-refractivity contribution is 0.545. The summed E-state index contributed by atoms with van der Waals surface area (Å²) in [7, 11) is 0. The van der Waals surface area contributed by atoms with Crippen LogP contribution in [-0.4, -0.2) is 11.5 Å². The minimum absolute atomic E-state index is 0.638. The lowest BCUT2D eigenvalue weighted by Crippen LogP contribution is -2.19. The Morgan fingerprint density at radius 3 is 3.00 bits per heavy atom. The van der Waals surface area contributed by atoms with E-state index in [0.29, 0.717) is 5.92 Å². The molecule has 0 bridgehead atoms. The SMILES string of the molecule is CC(C)CNCc1ncoc1-c1sccc1Br. The molecule has 0 unspecified atom stereocenters. The molecule has 5 heteroatoms. The summed E-state index contributed by atoms with van der Waals surface area (Å²) in [6.45, 7) is 6.10. The van der Waals surface area contributed by atoms with Crippen molar-refractivity contribution in [3.8, 4) is 10.6 Å². The Morgan fingerprint density at radius 2 is 2.35 bits per heavy atom. The van der Waals surface area contributed by atoms with Crippen molar-refractivity contribution in [2.75, 3.05) is 6.54 Å². The lowest BCUT2D eigenvalue weighted by Gasteiger charge is -2.06. The van der Waals surface area contributed by atoms with Gasteiger partial charge in [0, 0.05) is 11.0 Å². The van der Waals surface area contributed by atoms with Gasteiger partial charge in [0.25, 0.3) is 0 Å². The van der Waals surface area contributed by atoms with Crippen LogP contribution in [0.2, 0.25) is 0 Å². The van der Waals surface area contributed by atoms with Gasteiger partial charge in [-0.3, -0.25) is 0 Å². The Kier molecular flexibility index (Phi) is 4.36. The number of thiophene rings is 1. The maximum Gasteiger partial charge on any atom is 0.181 e. The number of halogens is 1. The predicted molar refractivity (Wildman–Crippen MR) is 74.1 cm³/mol. The van der Waals surface area contributed by atoms with E-state index in [0.717, 1.165) is 33.9 Å². The Bertz CT molecular complexity index is 478. The molecule has 2 aromatic rings. The molecule has 0 amide bonds. The smallest absolute Gasteiger partial charge is 0.181 e. The highest BCUT2D eigenvalue weighted by Gasteiger charge is 2.14. The van der Waals surface area contributed by atoms with E-state index in [9.17, 15) is 0 Å². The fourth-order valence-electron chi connectivity index (χ4n) is 1.51. The fraction of sp³-hybridized carbons (Fsp3) is 0.417. The molecular weight excluding hydrogens is 300 g/mol. The van der Waals surface area contributed by atoms with Crippen molar-refractivity contribution >= 4 is 27.3 Å². The third-order valence-corrected chi connectivity index (χ3v) is 4.15. The molecule has 1 N–H and O–H groups in total. The molecule has 92 valence electrons. The van der Waals surface area contributed by atoms with Crippen molar-refractivity contribution in [3.63, 3.8) is 0 Å². The number of oxazole rings is 1. The van der Waals surface area contributed by atoms with Gasteiger partial charge < -0.3 is 9.73 Å². The second-order valence-electron chi connectivity index (χ2n) is 4.25. The van der Waals surface area contributed by atoms with Gasteiger partial charge in [0.15, 0.2) is 12.2 Å². The standard InChI is InChI=1S/C12H15BrN2OS/c1-8(2)5-14-6-10-11(16-7-15-10)12-9(13)3-4-17-12/h3-4,7-8,14H,5-6H2,1-2H3. The predicted octanol–water partition coefficient (Wildman–Crippen LogP) is 3.91. The fourth-order valence-corrected chi connectivity index (χ4v) is 3.08. The van der Waals surface area contributed by atoms with Crippen LogP contribution in [0.25, 0.3) is 10.6 Å². The number of aromatic nitrogens is 1. The second-order valence-corrected chi connectivity index (χ2v) is 6.02. The molecule has 0 fully saturated rings. The highest BCUT2D eigenvalue weighted by Crippen LogP contribution is 2.35. The van der Waals surface area contributed by atoms with Gasteiger partial charge in [-0.15, -0.1) is 11.3 Å². The highest BCUT2D eigenvalue weighted by molar-refractivity contribution is 9.10. The maximum absolute atomic E-state index is 5.48. The third kappa shape index (κ3) is 3.18. The summed E-state index contributed by atoms with van der Waals surface area (Å²) < 4.78 is 6.54. The molecule has 0 aromatic carbocycles. The molecule has 0 spiro atoms. The van der Waals surface area contributed by atoms with Crippen LogP contribution in [0.5, 0.6) is 0 Å². The highest BCUT2D eigenvalue weighted by atomic mass is 79.9. The summed E-state index contributed by atoms with van der Waals surface area (Å²) in [4.78, 5) is 5.37. The second kappa shape index (κ2) is 5.80. The van der Waals surface area contributed by atoms with Gasteiger partial charge in [-0.05, 0) is 39.8 Å². The molecule has 0 aliphatic rings. The molecule has 0 radical (unpaired) electrons. The van der Waals surface area contributed by atoms with E-state index in [2.05, 4.69) is 40.1 Å². The zero-order valence-corrected chi connectivity index (χ0v) is 12.3. The van der Waals surface area contributed by atoms with Gasteiger partial charge in [-0.25, -0.2) is 4.98 Å². The third-order valence-electron chi connectivity index (χ3n) is 2.31. The number of rotatable bonds is 5. The summed E-state index contributed by atoms with van der Waals surface area (Å²) >= 11 is 5.17. The molecule has 0 aliphatic heterocycles. The van der Waals surface area contributed by atoms with Crippen LogP contribution < -0.4 is 5.32 Å². The zero-order chi connectivity index (χ0) is 12.3. The first-order valence-electron chi connectivity index (χ1n) is 5.55. The van der Waals surface area contributed by atoms with Gasteiger partial charge in [0.2, 0.25) is 0 Å². The van der Waals surface area contributed by atoms with Crippen LogP contribution in [0.1, 0.15) is 19.5 Å². The number of hydrogen-bond donors (Lipinski definition) is 1. The van der Waals surface area contributed by atoms with Crippen molar-refractivity contribution < 1.29 is 4.42 Å². The van der Waals surface area contributed by atoms with Crippen molar-refractivity contribution in [2.45, 2.75) is 20.4 Å². The van der Waals surface area contributed by atoms with Crippen LogP contribution in [0.3, 0.4) is 0 Å². The first kappa shape index (κ1) is 12.8. The van der Waals surface area contributed by atoms with E-state index in [1.165, 1.54) is 6.39 Å². The van der Waals surface area contributed by atoms with E-state index in [1.807, 2.05) is 11.4 Å². The van der Waals surface area contributed by atoms with Gasteiger partial charge in [-0.1, -0.05) is 13.8 Å². The molecule has 0 atom stereocenters. The van der Waals surface area contributed by atoms with Gasteiger partial charge >= 0.3 is 0 Å². The van der Waals surface area contributed by atoms with E-state index in [1.54, 1.807) is 11.3 Å². The Morgan fingerprint density at radius 1 is 1.53 bits per heavy atom. The Hall–Kier alpha value is -0.650. The molecule has 0 saturated heterocycles. The average Bonchev–Trinajstić information content (AvgIpc) is 2.86. The van der Waals surface area contributed by atoms with Crippen LogP contribution in [0, 0.1) is 5.92 Å². The molecule has 2 heterocycles. The van der Waals surface area contributed by atoms with Crippen molar-refractivity contribution in [3.05, 3.63) is 28.0 Å². The lowest BCUT2D eigenvalue weighted by atomic mass is 10.2. The normalized spacial score (nSPS) is 11.3. The molecular formula is C12H15BrN2OS. The van der Waals surface area contributed by atoms with E-state index in [-0.39, 0.29) is 0 Å². The molecule has 2 rings (SSSR count). The van der Waals surface area contributed by atoms with Crippen molar-refractivity contribution in [1.29, 1.82) is 0 Å². The Balaban J connectivity index is 2.10. The van der Waals surface area contributed by atoms with E-state index < -0.39 is 0 Å². The monoisotopic (exact) mass is 314 g/mol. The largest absolute Gasteiger partial charge is 0.442 e. The number of nitrogens with zero attached hydrogens (tertiary/aromatic N) is 1. The zero-order valence-electron chi connectivity index (χ0n) is 9.87. The quantitative estimate of drug-likeness (QED) is 0.909. The van der Waals surface area contributed by atoms with Gasteiger partial charge in [0.05, 0.1) is 4.88 Å². The topological polar surface area (TPSA) is 38.1 Å². The van der Waals surface area contributed by atoms with Crippen molar-refractivity contribution in [2.24, 2.45) is 5.92 Å². The van der Waals surface area contributed by atoms with Gasteiger partial charge in [-0.2, -0.15) is 0 Å². The first-order valence-corrected chi connectivity index (χ1v) is 7.22. The summed E-state index contributed by atoms with van der Waals surface area (Å²) in [5.74, 6) is 1.50. The van der Waals surface area contributed by atoms with E-state index in [4.69, 9.17) is 4.42 Å². The minimum Gasteiger partial charge on any atom is -0.442 e. The van der Waals surface area contributed by atoms with Crippen molar-refractivity contribution in [1.82, 2.24) is 10.3 Å². The molecule has 0 aliphatic carbocycles. The van der Waals surface area contributed by atoms with Gasteiger partial charge in [0.1, 0.15) is 5.69 Å². The maximum atomic E-state index is 5.48. The van der Waals surface area contributed by atoms with Crippen LogP contribution in [0.4, 0.5) is 0 Å². The Labute approximate surface area is 113 Å². The summed E-state index contributed by atoms with van der Waals surface area (Å²) in [6.07, 6.45) is 1.51. The number of hydrogen-bond acceptors (Lipinski definition) is 4. The summed E-state index contributed by atoms with van der Waals surface area (Å²) in [5.41, 5.74) is 0.966. The van der Waals surface area contributed by atoms with Crippen LogP contribution >= 0.6 is 27.3 Å². The summed E-state index contributed by atoms with van der Waals surface area (Å²) in [6, 6.07) is 2.02. The number of nitrogens with one attached hydrogen (secondary N) is 1. The molecule has 3 nitrogen and oxygen atoms in total.